The predicted octanol–water partition coefficient (Wildman–Crippen LogP) is -0.0926. The van der Waals surface area contributed by atoms with Crippen LogP contribution in [-0.2, 0) is 0 Å². The third-order valence-corrected chi connectivity index (χ3v) is 1.69. The number of hydrogen-bond donors (Lipinski definition) is 2. The minimum atomic E-state index is -0.977. The summed E-state index contributed by atoms with van der Waals surface area (Å²) in [5, 5.41) is 5.82. The molecule has 0 aromatic rings. The maximum absolute atomic E-state index is 13.2. The number of rotatable bonds is 2. The van der Waals surface area contributed by atoms with E-state index in [2.05, 4.69) is 10.6 Å². The van der Waals surface area contributed by atoms with Crippen LogP contribution < -0.4 is 10.6 Å². The minimum Gasteiger partial charge on any atom is -0.317 e. The molecule has 0 aromatic heterocycles. The van der Waals surface area contributed by atoms with E-state index in [9.17, 15) is 4.39 Å². The molecule has 1 saturated heterocycles. The Hall–Kier alpha value is -0.150. The summed E-state index contributed by atoms with van der Waals surface area (Å²) in [4.78, 5) is 0. The van der Waals surface area contributed by atoms with E-state index in [1.807, 2.05) is 0 Å². The highest BCUT2D eigenvalue weighted by molar-refractivity contribution is 4.89. The van der Waals surface area contributed by atoms with Crippen LogP contribution in [0.1, 0.15) is 6.42 Å². The summed E-state index contributed by atoms with van der Waals surface area (Å²) in [6.45, 7) is 1.80. The van der Waals surface area contributed by atoms with Crippen molar-refractivity contribution in [3.05, 3.63) is 0 Å². The Morgan fingerprint density at radius 3 is 3.00 bits per heavy atom. The van der Waals surface area contributed by atoms with Gasteiger partial charge in [0.1, 0.15) is 5.67 Å². The van der Waals surface area contributed by atoms with Gasteiger partial charge in [-0.1, -0.05) is 0 Å². The van der Waals surface area contributed by atoms with Gasteiger partial charge in [0.25, 0.3) is 0 Å². The van der Waals surface area contributed by atoms with E-state index in [4.69, 9.17) is 0 Å². The van der Waals surface area contributed by atoms with Crippen molar-refractivity contribution >= 4 is 0 Å². The lowest BCUT2D eigenvalue weighted by Gasteiger charge is -2.16. The largest absolute Gasteiger partial charge is 0.317 e. The van der Waals surface area contributed by atoms with Crippen molar-refractivity contribution < 1.29 is 4.39 Å². The molecular weight excluding hydrogens is 119 g/mol. The molecule has 1 heterocycles. The van der Waals surface area contributed by atoms with Crippen molar-refractivity contribution in [2.75, 3.05) is 26.7 Å². The van der Waals surface area contributed by atoms with Crippen LogP contribution in [0.25, 0.3) is 0 Å². The molecule has 0 radical (unpaired) electrons. The van der Waals surface area contributed by atoms with Crippen LogP contribution >= 0.6 is 0 Å². The van der Waals surface area contributed by atoms with Crippen LogP contribution in [0.2, 0.25) is 0 Å². The Labute approximate surface area is 54.8 Å². The van der Waals surface area contributed by atoms with Gasteiger partial charge >= 0.3 is 0 Å². The molecule has 2 nitrogen and oxygen atoms in total. The van der Waals surface area contributed by atoms with Crippen LogP contribution in [0.15, 0.2) is 0 Å². The van der Waals surface area contributed by atoms with E-state index < -0.39 is 5.67 Å². The molecule has 0 saturated carbocycles. The van der Waals surface area contributed by atoms with Crippen molar-refractivity contribution in [3.8, 4) is 0 Å². The Morgan fingerprint density at radius 1 is 1.78 bits per heavy atom. The normalized spacial score (nSPS) is 35.3. The lowest BCUT2D eigenvalue weighted by molar-refractivity contribution is 0.189. The molecule has 0 aliphatic carbocycles. The standard InChI is InChI=1S/C6H13FN2/c1-8-4-6(7)2-3-9-5-6/h8-9H,2-5H2,1H3. The molecule has 1 fully saturated rings. The summed E-state index contributed by atoms with van der Waals surface area (Å²) in [7, 11) is 1.78. The Balaban J connectivity index is 2.32. The lowest BCUT2D eigenvalue weighted by Crippen LogP contribution is -2.36. The van der Waals surface area contributed by atoms with Crippen molar-refractivity contribution in [1.29, 1.82) is 0 Å². The molecule has 1 aliphatic heterocycles. The molecule has 1 aliphatic rings. The summed E-state index contributed by atoms with van der Waals surface area (Å²) in [6, 6.07) is 0. The molecule has 1 unspecified atom stereocenters. The molecule has 54 valence electrons. The molecule has 0 bridgehead atoms. The Kier molecular flexibility index (Phi) is 2.03. The van der Waals surface area contributed by atoms with Gasteiger partial charge in [-0.2, -0.15) is 0 Å². The van der Waals surface area contributed by atoms with Crippen molar-refractivity contribution in [2.45, 2.75) is 12.1 Å². The van der Waals surface area contributed by atoms with E-state index in [1.165, 1.54) is 0 Å². The maximum Gasteiger partial charge on any atom is 0.136 e. The number of alkyl halides is 1. The van der Waals surface area contributed by atoms with Gasteiger partial charge in [0.2, 0.25) is 0 Å². The van der Waals surface area contributed by atoms with E-state index in [0.29, 0.717) is 19.5 Å². The molecule has 1 rings (SSSR count). The second kappa shape index (κ2) is 2.62. The highest BCUT2D eigenvalue weighted by Crippen LogP contribution is 2.17. The summed E-state index contributed by atoms with van der Waals surface area (Å²) in [5.41, 5.74) is -0.977. The molecule has 2 N–H and O–H groups in total. The van der Waals surface area contributed by atoms with Crippen LogP contribution in [-0.4, -0.2) is 32.4 Å². The summed E-state index contributed by atoms with van der Waals surface area (Å²) in [5.74, 6) is 0. The summed E-state index contributed by atoms with van der Waals surface area (Å²) < 4.78 is 13.2. The Morgan fingerprint density at radius 2 is 2.56 bits per heavy atom. The van der Waals surface area contributed by atoms with Crippen LogP contribution in [0.4, 0.5) is 4.39 Å². The first-order valence-electron chi connectivity index (χ1n) is 3.31. The van der Waals surface area contributed by atoms with Gasteiger partial charge in [0.05, 0.1) is 0 Å². The lowest BCUT2D eigenvalue weighted by atomic mass is 10.1. The first kappa shape index (κ1) is 6.96. The molecule has 3 heteroatoms. The van der Waals surface area contributed by atoms with E-state index in [1.54, 1.807) is 7.05 Å². The molecule has 0 amide bonds. The minimum absolute atomic E-state index is 0.472. The SMILES string of the molecule is CNCC1(F)CCNC1. The summed E-state index contributed by atoms with van der Waals surface area (Å²) in [6.07, 6.45) is 0.647. The topological polar surface area (TPSA) is 24.1 Å². The van der Waals surface area contributed by atoms with Gasteiger partial charge in [-0.3, -0.25) is 0 Å². The quantitative estimate of drug-likeness (QED) is 0.548. The smallest absolute Gasteiger partial charge is 0.136 e. The van der Waals surface area contributed by atoms with Gasteiger partial charge in [-0.15, -0.1) is 0 Å². The fourth-order valence-corrected chi connectivity index (χ4v) is 1.18. The molecule has 0 spiro atoms. The zero-order valence-electron chi connectivity index (χ0n) is 5.71. The van der Waals surface area contributed by atoms with Gasteiger partial charge in [0, 0.05) is 13.1 Å². The van der Waals surface area contributed by atoms with Crippen LogP contribution in [0.5, 0.6) is 0 Å². The van der Waals surface area contributed by atoms with E-state index in [0.717, 1.165) is 6.54 Å². The Bertz CT molecular complexity index is 89.1. The zero-order chi connectivity index (χ0) is 6.74. The highest BCUT2D eigenvalue weighted by Gasteiger charge is 2.32. The average Bonchev–Trinajstić information content (AvgIpc) is 2.16. The van der Waals surface area contributed by atoms with Crippen molar-refractivity contribution in [3.63, 3.8) is 0 Å². The molecular formula is C6H13FN2. The fourth-order valence-electron chi connectivity index (χ4n) is 1.18. The van der Waals surface area contributed by atoms with Crippen molar-refractivity contribution in [2.24, 2.45) is 0 Å². The van der Waals surface area contributed by atoms with Crippen LogP contribution in [0.3, 0.4) is 0 Å². The van der Waals surface area contributed by atoms with E-state index >= 15 is 0 Å². The van der Waals surface area contributed by atoms with Crippen LogP contribution in [0, 0.1) is 0 Å². The highest BCUT2D eigenvalue weighted by atomic mass is 19.1. The van der Waals surface area contributed by atoms with Gasteiger partial charge < -0.3 is 10.6 Å². The molecule has 9 heavy (non-hydrogen) atoms. The second-order valence-electron chi connectivity index (χ2n) is 2.61. The number of halogens is 1. The third-order valence-electron chi connectivity index (χ3n) is 1.69. The monoisotopic (exact) mass is 132 g/mol. The molecule has 0 aromatic carbocycles. The second-order valence-corrected chi connectivity index (χ2v) is 2.61. The summed E-state index contributed by atoms with van der Waals surface area (Å²) >= 11 is 0. The van der Waals surface area contributed by atoms with Gasteiger partial charge in [0.15, 0.2) is 0 Å². The predicted molar refractivity (Wildman–Crippen MR) is 35.3 cm³/mol. The van der Waals surface area contributed by atoms with E-state index in [-0.39, 0.29) is 0 Å². The number of nitrogens with one attached hydrogen (secondary N) is 2. The fraction of sp³-hybridized carbons (Fsp3) is 1.00. The van der Waals surface area contributed by atoms with Gasteiger partial charge in [-0.25, -0.2) is 4.39 Å². The van der Waals surface area contributed by atoms with Gasteiger partial charge in [-0.05, 0) is 20.0 Å². The van der Waals surface area contributed by atoms with Crippen molar-refractivity contribution in [1.82, 2.24) is 10.6 Å². The average molecular weight is 132 g/mol. The number of hydrogen-bond acceptors (Lipinski definition) is 2. The maximum atomic E-state index is 13.2. The molecule has 1 atom stereocenters. The third kappa shape index (κ3) is 1.63. The first-order chi connectivity index (χ1) is 4.27. The first-order valence-corrected chi connectivity index (χ1v) is 3.31. The zero-order valence-corrected chi connectivity index (χ0v) is 5.71.